The number of carbonyl (C=O) groups excluding carboxylic acids is 1. The van der Waals surface area contributed by atoms with Crippen molar-refractivity contribution in [1.82, 2.24) is 0 Å². The van der Waals surface area contributed by atoms with Crippen molar-refractivity contribution < 1.29 is 9.53 Å². The number of esters is 1. The van der Waals surface area contributed by atoms with Gasteiger partial charge in [-0.15, -0.1) is 0 Å². The molecular weight excluding hydrogens is 175 g/mol. The van der Waals surface area contributed by atoms with Crippen molar-refractivity contribution >= 4 is 13.8 Å². The van der Waals surface area contributed by atoms with E-state index in [2.05, 4.69) is 0 Å². The summed E-state index contributed by atoms with van der Waals surface area (Å²) in [5.41, 5.74) is 2.94. The standard InChI is InChI=1S/C11H13BO2/c1-7-4-10(6-12)5-8(2)11(7)14-9(3)13/h4-5H,6H2,1-3H3. The van der Waals surface area contributed by atoms with Crippen LogP contribution < -0.4 is 4.74 Å². The lowest BCUT2D eigenvalue weighted by Crippen LogP contribution is -2.05. The fourth-order valence-electron chi connectivity index (χ4n) is 1.46. The van der Waals surface area contributed by atoms with Gasteiger partial charge in [0.25, 0.3) is 0 Å². The van der Waals surface area contributed by atoms with E-state index in [9.17, 15) is 4.79 Å². The fourth-order valence-corrected chi connectivity index (χ4v) is 1.46. The molecule has 0 saturated carbocycles. The Hall–Kier alpha value is -1.25. The minimum atomic E-state index is -0.295. The van der Waals surface area contributed by atoms with Crippen LogP contribution in [0, 0.1) is 13.8 Å². The molecule has 14 heavy (non-hydrogen) atoms. The van der Waals surface area contributed by atoms with E-state index < -0.39 is 0 Å². The van der Waals surface area contributed by atoms with Crippen molar-refractivity contribution in [3.63, 3.8) is 0 Å². The summed E-state index contributed by atoms with van der Waals surface area (Å²) in [4.78, 5) is 10.8. The van der Waals surface area contributed by atoms with E-state index in [4.69, 9.17) is 12.6 Å². The van der Waals surface area contributed by atoms with Crippen molar-refractivity contribution in [2.75, 3.05) is 0 Å². The third kappa shape index (κ3) is 2.38. The van der Waals surface area contributed by atoms with Crippen LogP contribution in [0.1, 0.15) is 23.6 Å². The quantitative estimate of drug-likeness (QED) is 0.402. The number of hydrogen-bond donors (Lipinski definition) is 0. The van der Waals surface area contributed by atoms with Gasteiger partial charge >= 0.3 is 5.97 Å². The maximum absolute atomic E-state index is 10.8. The normalized spacial score (nSPS) is 9.93. The second kappa shape index (κ2) is 4.31. The molecule has 0 aliphatic heterocycles. The average Bonchev–Trinajstić information content (AvgIpc) is 2.10. The molecule has 0 amide bonds. The zero-order valence-electron chi connectivity index (χ0n) is 8.76. The second-order valence-electron chi connectivity index (χ2n) is 3.36. The molecule has 0 N–H and O–H groups in total. The molecule has 0 atom stereocenters. The Kier molecular flexibility index (Phi) is 3.34. The van der Waals surface area contributed by atoms with Gasteiger partial charge in [-0.1, -0.05) is 24.0 Å². The molecule has 0 unspecified atom stereocenters. The van der Waals surface area contributed by atoms with Gasteiger partial charge in [-0.05, 0) is 25.0 Å². The number of hydrogen-bond acceptors (Lipinski definition) is 2. The third-order valence-corrected chi connectivity index (χ3v) is 2.00. The fraction of sp³-hybridized carbons (Fsp3) is 0.364. The molecule has 3 heteroatoms. The van der Waals surface area contributed by atoms with Crippen LogP contribution >= 0.6 is 0 Å². The second-order valence-corrected chi connectivity index (χ2v) is 3.36. The van der Waals surface area contributed by atoms with Gasteiger partial charge in [-0.2, -0.15) is 0 Å². The van der Waals surface area contributed by atoms with E-state index in [0.29, 0.717) is 12.1 Å². The average molecular weight is 188 g/mol. The van der Waals surface area contributed by atoms with Crippen LogP contribution in [0.4, 0.5) is 0 Å². The SMILES string of the molecule is [B]Cc1cc(C)c(OC(C)=O)c(C)c1. The predicted octanol–water partition coefficient (Wildman–Crippen LogP) is 1.90. The number of ether oxygens (including phenoxy) is 1. The zero-order chi connectivity index (χ0) is 10.7. The first-order chi connectivity index (χ1) is 6.54. The van der Waals surface area contributed by atoms with E-state index in [1.54, 1.807) is 0 Å². The van der Waals surface area contributed by atoms with Crippen LogP contribution in [-0.2, 0) is 11.1 Å². The lowest BCUT2D eigenvalue weighted by molar-refractivity contribution is -0.131. The Morgan fingerprint density at radius 2 is 1.86 bits per heavy atom. The van der Waals surface area contributed by atoms with Gasteiger partial charge in [-0.25, -0.2) is 0 Å². The maximum atomic E-state index is 10.8. The smallest absolute Gasteiger partial charge is 0.308 e. The van der Waals surface area contributed by atoms with E-state index in [1.807, 2.05) is 26.0 Å². The molecule has 0 fully saturated rings. The molecular formula is C11H13BO2. The summed E-state index contributed by atoms with van der Waals surface area (Å²) in [5.74, 6) is 0.353. The summed E-state index contributed by atoms with van der Waals surface area (Å²) in [6, 6.07) is 3.87. The molecule has 1 aromatic carbocycles. The predicted molar refractivity (Wildman–Crippen MR) is 56.7 cm³/mol. The molecule has 1 aromatic rings. The van der Waals surface area contributed by atoms with Crippen molar-refractivity contribution in [2.24, 2.45) is 0 Å². The third-order valence-electron chi connectivity index (χ3n) is 2.00. The Balaban J connectivity index is 3.11. The highest BCUT2D eigenvalue weighted by atomic mass is 16.5. The molecule has 2 nitrogen and oxygen atoms in total. The molecule has 0 aliphatic rings. The van der Waals surface area contributed by atoms with Crippen LogP contribution in [0.25, 0.3) is 0 Å². The first-order valence-corrected chi connectivity index (χ1v) is 4.53. The number of aryl methyl sites for hydroxylation is 2. The van der Waals surface area contributed by atoms with Gasteiger partial charge in [-0.3, -0.25) is 4.79 Å². The number of rotatable bonds is 2. The molecule has 0 aromatic heterocycles. The lowest BCUT2D eigenvalue weighted by Gasteiger charge is -2.10. The van der Waals surface area contributed by atoms with Gasteiger partial charge < -0.3 is 4.74 Å². The van der Waals surface area contributed by atoms with Crippen LogP contribution in [0.5, 0.6) is 5.75 Å². The monoisotopic (exact) mass is 188 g/mol. The minimum Gasteiger partial charge on any atom is -0.426 e. The van der Waals surface area contributed by atoms with Crippen LogP contribution in [0.3, 0.4) is 0 Å². The summed E-state index contributed by atoms with van der Waals surface area (Å²) in [6.45, 7) is 5.21. The highest BCUT2D eigenvalue weighted by molar-refractivity contribution is 6.08. The highest BCUT2D eigenvalue weighted by Crippen LogP contribution is 2.24. The summed E-state index contributed by atoms with van der Waals surface area (Å²) in [6.07, 6.45) is 0.502. The van der Waals surface area contributed by atoms with Gasteiger partial charge in [0.05, 0.1) is 7.85 Å². The number of carbonyl (C=O) groups is 1. The van der Waals surface area contributed by atoms with Gasteiger partial charge in [0, 0.05) is 6.92 Å². The molecule has 72 valence electrons. The zero-order valence-corrected chi connectivity index (χ0v) is 8.76. The van der Waals surface area contributed by atoms with E-state index in [1.165, 1.54) is 6.92 Å². The molecule has 0 aliphatic carbocycles. The van der Waals surface area contributed by atoms with Crippen molar-refractivity contribution in [2.45, 2.75) is 27.1 Å². The van der Waals surface area contributed by atoms with Crippen molar-refractivity contribution in [3.8, 4) is 5.75 Å². The molecule has 0 spiro atoms. The van der Waals surface area contributed by atoms with Gasteiger partial charge in [0.2, 0.25) is 0 Å². The summed E-state index contributed by atoms with van der Waals surface area (Å²) < 4.78 is 5.10. The minimum absolute atomic E-state index is 0.295. The van der Waals surface area contributed by atoms with Crippen LogP contribution in [0.2, 0.25) is 0 Å². The van der Waals surface area contributed by atoms with E-state index >= 15 is 0 Å². The van der Waals surface area contributed by atoms with Gasteiger partial charge in [0.1, 0.15) is 5.75 Å². The Morgan fingerprint density at radius 3 is 2.21 bits per heavy atom. The summed E-state index contributed by atoms with van der Waals surface area (Å²) in [7, 11) is 5.53. The number of benzene rings is 1. The van der Waals surface area contributed by atoms with Gasteiger partial charge in [0.15, 0.2) is 0 Å². The van der Waals surface area contributed by atoms with E-state index in [-0.39, 0.29) is 5.97 Å². The Labute approximate surface area is 85.7 Å². The highest BCUT2D eigenvalue weighted by Gasteiger charge is 2.07. The Bertz CT molecular complexity index is 335. The summed E-state index contributed by atoms with van der Waals surface area (Å²) >= 11 is 0. The molecule has 2 radical (unpaired) electrons. The van der Waals surface area contributed by atoms with Crippen LogP contribution in [-0.4, -0.2) is 13.8 Å². The van der Waals surface area contributed by atoms with E-state index in [0.717, 1.165) is 16.7 Å². The van der Waals surface area contributed by atoms with Crippen LogP contribution in [0.15, 0.2) is 12.1 Å². The van der Waals surface area contributed by atoms with Crippen molar-refractivity contribution in [1.29, 1.82) is 0 Å². The molecule has 0 bridgehead atoms. The molecule has 0 heterocycles. The lowest BCUT2D eigenvalue weighted by atomic mass is 9.94. The first kappa shape index (κ1) is 10.8. The molecule has 1 rings (SSSR count). The topological polar surface area (TPSA) is 26.3 Å². The van der Waals surface area contributed by atoms with Crippen molar-refractivity contribution in [3.05, 3.63) is 28.8 Å². The molecule has 0 saturated heterocycles. The maximum Gasteiger partial charge on any atom is 0.308 e. The first-order valence-electron chi connectivity index (χ1n) is 4.53. The Morgan fingerprint density at radius 1 is 1.36 bits per heavy atom. The largest absolute Gasteiger partial charge is 0.426 e. The summed E-state index contributed by atoms with van der Waals surface area (Å²) in [5, 5.41) is 0.